The Morgan fingerprint density at radius 3 is 2.86 bits per heavy atom. The highest BCUT2D eigenvalue weighted by molar-refractivity contribution is 9.10. The molecular formula is C15H15BrN4OS. The Morgan fingerprint density at radius 1 is 1.41 bits per heavy atom. The van der Waals surface area contributed by atoms with Gasteiger partial charge in [0.1, 0.15) is 0 Å². The van der Waals surface area contributed by atoms with E-state index in [1.54, 1.807) is 11.4 Å². The third-order valence-electron chi connectivity index (χ3n) is 3.34. The SMILES string of the molecule is Cc1ccc(-c2csc3nc(NC(=O)C(C)Br)nn23)c(C)c1. The number of rotatable bonds is 3. The fourth-order valence-corrected chi connectivity index (χ4v) is 3.17. The lowest BCUT2D eigenvalue weighted by Gasteiger charge is -2.05. The average Bonchev–Trinajstić information content (AvgIpc) is 2.99. The Kier molecular flexibility index (Phi) is 4.01. The van der Waals surface area contributed by atoms with Gasteiger partial charge < -0.3 is 0 Å². The second-order valence-electron chi connectivity index (χ2n) is 5.17. The third kappa shape index (κ3) is 2.78. The van der Waals surface area contributed by atoms with Crippen LogP contribution in [-0.4, -0.2) is 25.3 Å². The maximum atomic E-state index is 11.7. The van der Waals surface area contributed by atoms with Crippen LogP contribution in [0.5, 0.6) is 0 Å². The average molecular weight is 379 g/mol. The van der Waals surface area contributed by atoms with Crippen LogP contribution in [0, 0.1) is 13.8 Å². The monoisotopic (exact) mass is 378 g/mol. The van der Waals surface area contributed by atoms with Crippen molar-refractivity contribution < 1.29 is 4.79 Å². The van der Waals surface area contributed by atoms with Crippen LogP contribution < -0.4 is 5.32 Å². The summed E-state index contributed by atoms with van der Waals surface area (Å²) in [5.74, 6) is 0.167. The molecule has 0 spiro atoms. The maximum absolute atomic E-state index is 11.7. The zero-order valence-corrected chi connectivity index (χ0v) is 14.8. The van der Waals surface area contributed by atoms with Gasteiger partial charge in [-0.05, 0) is 26.3 Å². The molecule has 0 bridgehead atoms. The Balaban J connectivity index is 2.01. The molecule has 0 radical (unpaired) electrons. The Morgan fingerprint density at radius 2 is 2.18 bits per heavy atom. The van der Waals surface area contributed by atoms with Crippen LogP contribution in [0.2, 0.25) is 0 Å². The van der Waals surface area contributed by atoms with E-state index in [2.05, 4.69) is 63.4 Å². The molecule has 0 aliphatic heterocycles. The van der Waals surface area contributed by atoms with Crippen LogP contribution in [0.3, 0.4) is 0 Å². The number of amides is 1. The van der Waals surface area contributed by atoms with Gasteiger partial charge in [-0.1, -0.05) is 39.7 Å². The van der Waals surface area contributed by atoms with Crippen LogP contribution in [0.25, 0.3) is 16.2 Å². The topological polar surface area (TPSA) is 59.3 Å². The molecule has 5 nitrogen and oxygen atoms in total. The van der Waals surface area contributed by atoms with E-state index in [1.807, 2.05) is 5.38 Å². The van der Waals surface area contributed by atoms with E-state index in [1.165, 1.54) is 22.5 Å². The maximum Gasteiger partial charge on any atom is 0.250 e. The summed E-state index contributed by atoms with van der Waals surface area (Å²) in [5, 5.41) is 9.13. The van der Waals surface area contributed by atoms with Crippen LogP contribution in [0.15, 0.2) is 23.6 Å². The number of carbonyl (C=O) groups is 1. The predicted octanol–water partition coefficient (Wildman–Crippen LogP) is 3.80. The van der Waals surface area contributed by atoms with Gasteiger partial charge in [-0.3, -0.25) is 10.1 Å². The number of hydrogen-bond acceptors (Lipinski definition) is 4. The van der Waals surface area contributed by atoms with Gasteiger partial charge >= 0.3 is 0 Å². The second kappa shape index (κ2) is 5.81. The number of nitrogens with one attached hydrogen (secondary N) is 1. The molecular weight excluding hydrogens is 364 g/mol. The molecule has 7 heteroatoms. The van der Waals surface area contributed by atoms with Crippen LogP contribution >= 0.6 is 27.3 Å². The molecule has 0 saturated carbocycles. The number of anilines is 1. The first-order chi connectivity index (χ1) is 10.5. The molecule has 114 valence electrons. The van der Waals surface area contributed by atoms with Crippen LogP contribution in [-0.2, 0) is 4.79 Å². The van der Waals surface area contributed by atoms with Gasteiger partial charge in [-0.25, -0.2) is 4.52 Å². The first-order valence-corrected chi connectivity index (χ1v) is 8.62. The summed E-state index contributed by atoms with van der Waals surface area (Å²) < 4.78 is 1.77. The zero-order chi connectivity index (χ0) is 15.9. The zero-order valence-electron chi connectivity index (χ0n) is 12.4. The van der Waals surface area contributed by atoms with Gasteiger partial charge in [0.25, 0.3) is 0 Å². The first kappa shape index (κ1) is 15.2. The molecule has 0 saturated heterocycles. The van der Waals surface area contributed by atoms with E-state index in [0.29, 0.717) is 5.95 Å². The number of benzene rings is 1. The number of alkyl halides is 1. The minimum Gasteiger partial charge on any atom is -0.292 e. The quantitative estimate of drug-likeness (QED) is 0.705. The highest BCUT2D eigenvalue weighted by Gasteiger charge is 2.16. The van der Waals surface area contributed by atoms with Crippen molar-refractivity contribution in [1.82, 2.24) is 14.6 Å². The summed E-state index contributed by atoms with van der Waals surface area (Å²) in [6.45, 7) is 5.91. The molecule has 22 heavy (non-hydrogen) atoms. The van der Waals surface area contributed by atoms with Crippen molar-refractivity contribution in [2.75, 3.05) is 5.32 Å². The summed E-state index contributed by atoms with van der Waals surface area (Å²) in [6, 6.07) is 6.32. The Bertz CT molecular complexity index is 852. The molecule has 3 rings (SSSR count). The molecule has 1 atom stereocenters. The fraction of sp³-hybridized carbons (Fsp3) is 0.267. The molecule has 0 fully saturated rings. The van der Waals surface area contributed by atoms with Crippen molar-refractivity contribution in [2.24, 2.45) is 0 Å². The molecule has 1 N–H and O–H groups in total. The fourth-order valence-electron chi connectivity index (χ4n) is 2.23. The molecule has 3 aromatic rings. The number of aryl methyl sites for hydroxylation is 2. The van der Waals surface area contributed by atoms with Crippen molar-refractivity contribution in [3.05, 3.63) is 34.7 Å². The molecule has 0 aliphatic carbocycles. The minimum atomic E-state index is -0.284. The van der Waals surface area contributed by atoms with Crippen molar-refractivity contribution in [2.45, 2.75) is 25.6 Å². The van der Waals surface area contributed by atoms with Crippen molar-refractivity contribution in [1.29, 1.82) is 0 Å². The van der Waals surface area contributed by atoms with E-state index in [-0.39, 0.29) is 10.7 Å². The van der Waals surface area contributed by atoms with E-state index in [0.717, 1.165) is 16.2 Å². The lowest BCUT2D eigenvalue weighted by atomic mass is 10.0. The Labute approximate surface area is 140 Å². The number of halogens is 1. The van der Waals surface area contributed by atoms with Crippen molar-refractivity contribution in [3.8, 4) is 11.3 Å². The molecule has 0 aliphatic rings. The number of hydrogen-bond donors (Lipinski definition) is 1. The number of thiazole rings is 1. The predicted molar refractivity (Wildman–Crippen MR) is 92.8 cm³/mol. The largest absolute Gasteiger partial charge is 0.292 e. The van der Waals surface area contributed by atoms with E-state index in [4.69, 9.17) is 0 Å². The summed E-state index contributed by atoms with van der Waals surface area (Å²) in [4.78, 5) is 16.5. The number of fused-ring (bicyclic) bond motifs is 1. The molecule has 2 heterocycles. The van der Waals surface area contributed by atoms with E-state index in [9.17, 15) is 4.79 Å². The smallest absolute Gasteiger partial charge is 0.250 e. The van der Waals surface area contributed by atoms with Gasteiger partial charge in [0.05, 0.1) is 10.5 Å². The van der Waals surface area contributed by atoms with Crippen LogP contribution in [0.4, 0.5) is 5.95 Å². The summed E-state index contributed by atoms with van der Waals surface area (Å²) in [6.07, 6.45) is 0. The first-order valence-electron chi connectivity index (χ1n) is 6.82. The summed E-state index contributed by atoms with van der Waals surface area (Å²) in [7, 11) is 0. The normalized spacial score (nSPS) is 12.5. The highest BCUT2D eigenvalue weighted by atomic mass is 79.9. The number of aromatic nitrogens is 3. The lowest BCUT2D eigenvalue weighted by molar-refractivity contribution is -0.115. The van der Waals surface area contributed by atoms with Crippen molar-refractivity contribution >= 4 is 44.1 Å². The summed E-state index contributed by atoms with van der Waals surface area (Å²) >= 11 is 4.73. The van der Waals surface area contributed by atoms with E-state index < -0.39 is 0 Å². The molecule has 2 aromatic heterocycles. The van der Waals surface area contributed by atoms with Gasteiger partial charge in [-0.2, -0.15) is 4.98 Å². The lowest BCUT2D eigenvalue weighted by Crippen LogP contribution is -2.20. The van der Waals surface area contributed by atoms with Gasteiger partial charge in [-0.15, -0.1) is 16.4 Å². The Hall–Kier alpha value is -1.73. The number of nitrogens with zero attached hydrogens (tertiary/aromatic N) is 3. The third-order valence-corrected chi connectivity index (χ3v) is 4.57. The highest BCUT2D eigenvalue weighted by Crippen LogP contribution is 2.28. The minimum absolute atomic E-state index is 0.161. The summed E-state index contributed by atoms with van der Waals surface area (Å²) in [5.41, 5.74) is 4.52. The van der Waals surface area contributed by atoms with Crippen molar-refractivity contribution in [3.63, 3.8) is 0 Å². The van der Waals surface area contributed by atoms with Gasteiger partial charge in [0.15, 0.2) is 0 Å². The van der Waals surface area contributed by atoms with E-state index >= 15 is 0 Å². The molecule has 1 unspecified atom stereocenters. The number of carbonyl (C=O) groups excluding carboxylic acids is 1. The van der Waals surface area contributed by atoms with Crippen LogP contribution in [0.1, 0.15) is 18.1 Å². The standard InChI is InChI=1S/C15H15BrN4OS/c1-8-4-5-11(9(2)6-8)12-7-22-15-18-14(19-20(12)15)17-13(21)10(3)16/h4-7,10H,1-3H3,(H,17,19,21). The van der Waals surface area contributed by atoms with Gasteiger partial charge in [0.2, 0.25) is 16.8 Å². The van der Waals surface area contributed by atoms with Gasteiger partial charge in [0, 0.05) is 10.9 Å². The molecule has 1 amide bonds. The second-order valence-corrected chi connectivity index (χ2v) is 7.38. The molecule has 1 aromatic carbocycles.